The summed E-state index contributed by atoms with van der Waals surface area (Å²) in [5, 5.41) is 23.2. The number of amides is 1. The smallest absolute Gasteiger partial charge is 0.337 e. The number of hydrogen-bond donors (Lipinski definition) is 4. The number of carbonyl (C=O) groups excluding carboxylic acids is 1. The third-order valence-electron chi connectivity index (χ3n) is 5.14. The number of H-pyrrole nitrogens is 1. The van der Waals surface area contributed by atoms with E-state index in [0.717, 1.165) is 15.7 Å². The van der Waals surface area contributed by atoms with Crippen LogP contribution < -0.4 is 15.4 Å². The number of fused-ring (bicyclic) bond motifs is 1. The van der Waals surface area contributed by atoms with Crippen molar-refractivity contribution in [3.05, 3.63) is 62.4 Å². The van der Waals surface area contributed by atoms with Gasteiger partial charge in [-0.15, -0.1) is 0 Å². The Morgan fingerprint density at radius 1 is 1.25 bits per heavy atom. The number of aromatic amines is 1. The van der Waals surface area contributed by atoms with Crippen LogP contribution in [0.15, 0.2) is 30.7 Å². The Hall–Kier alpha value is -3.22. The van der Waals surface area contributed by atoms with Crippen molar-refractivity contribution in [2.24, 2.45) is 0 Å². The zero-order valence-electron chi connectivity index (χ0n) is 17.4. The van der Waals surface area contributed by atoms with Gasteiger partial charge in [0.2, 0.25) is 5.88 Å². The second-order valence-corrected chi connectivity index (χ2v) is 8.44. The molecule has 1 unspecified atom stereocenters. The van der Waals surface area contributed by atoms with Crippen LogP contribution in [0.2, 0.25) is 0 Å². The normalized spacial score (nSPS) is 17.3. The molecule has 3 aromatic heterocycles. The van der Waals surface area contributed by atoms with Gasteiger partial charge in [-0.1, -0.05) is 13.8 Å². The van der Waals surface area contributed by atoms with E-state index in [9.17, 15) is 14.7 Å². The summed E-state index contributed by atoms with van der Waals surface area (Å²) in [4.78, 5) is 33.7. The maximum Gasteiger partial charge on any atom is 0.337 e. The highest BCUT2D eigenvalue weighted by Crippen LogP contribution is 2.42. The van der Waals surface area contributed by atoms with Crippen LogP contribution in [0.5, 0.6) is 5.88 Å². The molecule has 0 spiro atoms. The molecule has 32 heavy (non-hydrogen) atoms. The molecule has 0 aliphatic carbocycles. The van der Waals surface area contributed by atoms with Gasteiger partial charge in [-0.05, 0) is 47.6 Å². The Morgan fingerprint density at radius 3 is 2.78 bits per heavy atom. The average molecular weight is 548 g/mol. The molecule has 1 aliphatic rings. The van der Waals surface area contributed by atoms with Crippen LogP contribution in [0, 0.1) is 3.57 Å². The Morgan fingerprint density at radius 2 is 2.06 bits per heavy atom. The van der Waals surface area contributed by atoms with Crippen LogP contribution in [0.3, 0.4) is 0 Å². The summed E-state index contributed by atoms with van der Waals surface area (Å²) in [6, 6.07) is 3.38. The molecule has 1 aliphatic heterocycles. The first-order chi connectivity index (χ1) is 15.4. The number of aryl methyl sites for hydroxylation is 1. The number of anilines is 1. The number of aromatic carboxylic acids is 1. The number of carboxylic acid groups (broad SMARTS) is 1. The zero-order valence-corrected chi connectivity index (χ0v) is 19.6. The van der Waals surface area contributed by atoms with E-state index in [0.29, 0.717) is 35.7 Å². The van der Waals surface area contributed by atoms with Crippen molar-refractivity contribution in [2.45, 2.75) is 32.4 Å². The maximum absolute atomic E-state index is 13.2. The lowest BCUT2D eigenvalue weighted by atomic mass is 9.86. The Kier molecular flexibility index (Phi) is 6.00. The monoisotopic (exact) mass is 548 g/mol. The number of carboxylic acids is 1. The molecule has 0 saturated carbocycles. The molecule has 166 valence electrons. The van der Waals surface area contributed by atoms with Crippen molar-refractivity contribution < 1.29 is 19.4 Å². The van der Waals surface area contributed by atoms with Gasteiger partial charge in [-0.25, -0.2) is 9.78 Å². The average Bonchev–Trinajstić information content (AvgIpc) is 3.21. The molecular weight excluding hydrogens is 527 g/mol. The zero-order chi connectivity index (χ0) is 22.9. The first-order valence-corrected chi connectivity index (χ1v) is 11.1. The summed E-state index contributed by atoms with van der Waals surface area (Å²) in [7, 11) is 0. The van der Waals surface area contributed by atoms with Gasteiger partial charge in [0.15, 0.2) is 11.4 Å². The van der Waals surface area contributed by atoms with E-state index in [1.54, 1.807) is 12.3 Å². The number of ether oxygens (including phenoxy) is 1. The number of nitrogens with zero attached hydrogens (tertiary/aromatic N) is 3. The van der Waals surface area contributed by atoms with E-state index in [4.69, 9.17) is 4.74 Å². The van der Waals surface area contributed by atoms with Gasteiger partial charge in [0.1, 0.15) is 0 Å². The van der Waals surface area contributed by atoms with Crippen LogP contribution in [-0.2, 0) is 12.1 Å². The van der Waals surface area contributed by atoms with Gasteiger partial charge in [-0.2, -0.15) is 5.10 Å². The predicted molar refractivity (Wildman–Crippen MR) is 124 cm³/mol. The second kappa shape index (κ2) is 8.73. The molecule has 3 aromatic rings. The first-order valence-electron chi connectivity index (χ1n) is 10.1. The Balaban J connectivity index is 2.04. The molecule has 10 nitrogen and oxygen atoms in total. The molecule has 0 radical (unpaired) electrons. The summed E-state index contributed by atoms with van der Waals surface area (Å²) in [6.07, 6.45) is 5.73. The first kappa shape index (κ1) is 22.0. The quantitative estimate of drug-likeness (QED) is 0.331. The molecular formula is C21H21IN6O4. The highest BCUT2D eigenvalue weighted by molar-refractivity contribution is 14.1. The van der Waals surface area contributed by atoms with E-state index < -0.39 is 17.5 Å². The van der Waals surface area contributed by atoms with E-state index in [-0.39, 0.29) is 11.3 Å². The molecule has 0 bridgehead atoms. The summed E-state index contributed by atoms with van der Waals surface area (Å²) >= 11 is 2.12. The number of aromatic nitrogens is 4. The fourth-order valence-corrected chi connectivity index (χ4v) is 4.15. The van der Waals surface area contributed by atoms with Crippen LogP contribution in [0.25, 0.3) is 0 Å². The van der Waals surface area contributed by atoms with Gasteiger partial charge in [0.25, 0.3) is 5.91 Å². The molecule has 4 N–H and O–H groups in total. The third kappa shape index (κ3) is 3.66. The fourth-order valence-electron chi connectivity index (χ4n) is 3.70. The maximum atomic E-state index is 13.2. The summed E-state index contributed by atoms with van der Waals surface area (Å²) < 4.78 is 6.70. The fraction of sp³-hybridized carbons (Fsp3) is 0.286. The molecule has 0 saturated heterocycles. The molecule has 0 aromatic carbocycles. The topological polar surface area (TPSA) is 142 Å². The van der Waals surface area contributed by atoms with Gasteiger partial charge in [-0.3, -0.25) is 14.9 Å². The van der Waals surface area contributed by atoms with Crippen molar-refractivity contribution in [1.29, 1.82) is 0 Å². The Bertz CT molecular complexity index is 1200. The highest BCUT2D eigenvalue weighted by Gasteiger charge is 2.47. The lowest BCUT2D eigenvalue weighted by molar-refractivity contribution is 0.0690. The number of rotatable bonds is 7. The van der Waals surface area contributed by atoms with Crippen LogP contribution in [0.4, 0.5) is 5.69 Å². The standard InChI is InChI=1S/C21H21IN6O4/c1-3-7-32-19-14(8-11(22)9-24-19)21(13-5-6-23-10-12(13)20(30)31)25-16-15(4-2)27-28-17(16)18(29)26-21/h5-6,8-10,25H,3-4,7H2,1-2H3,(H,26,29)(H,27,28)(H,30,31). The van der Waals surface area contributed by atoms with Gasteiger partial charge in [0.05, 0.1) is 29.1 Å². The van der Waals surface area contributed by atoms with Crippen molar-refractivity contribution in [3.63, 3.8) is 0 Å². The lowest BCUT2D eigenvalue weighted by Crippen LogP contribution is -2.56. The van der Waals surface area contributed by atoms with Crippen molar-refractivity contribution in [3.8, 4) is 5.88 Å². The van der Waals surface area contributed by atoms with Crippen molar-refractivity contribution in [2.75, 3.05) is 11.9 Å². The molecule has 1 atom stereocenters. The molecule has 4 rings (SSSR count). The minimum absolute atomic E-state index is 0.0643. The lowest BCUT2D eigenvalue weighted by Gasteiger charge is -2.41. The summed E-state index contributed by atoms with van der Waals surface area (Å²) in [5.74, 6) is -1.34. The summed E-state index contributed by atoms with van der Waals surface area (Å²) in [5.41, 5.74) is 0.667. The van der Waals surface area contributed by atoms with Gasteiger partial charge < -0.3 is 20.5 Å². The number of halogens is 1. The molecule has 4 heterocycles. The number of pyridine rings is 2. The predicted octanol–water partition coefficient (Wildman–Crippen LogP) is 2.91. The molecule has 0 fully saturated rings. The molecule has 11 heteroatoms. The number of hydrogen-bond acceptors (Lipinski definition) is 7. The van der Waals surface area contributed by atoms with Crippen molar-refractivity contribution in [1.82, 2.24) is 25.5 Å². The number of carbonyl (C=O) groups is 2. The van der Waals surface area contributed by atoms with Gasteiger partial charge in [0, 0.05) is 27.7 Å². The van der Waals surface area contributed by atoms with Crippen LogP contribution >= 0.6 is 22.6 Å². The van der Waals surface area contributed by atoms with E-state index in [1.807, 2.05) is 19.9 Å². The van der Waals surface area contributed by atoms with Crippen LogP contribution in [-0.4, -0.2) is 43.8 Å². The minimum Gasteiger partial charge on any atom is -0.478 e. The van der Waals surface area contributed by atoms with Crippen LogP contribution in [0.1, 0.15) is 57.9 Å². The van der Waals surface area contributed by atoms with Gasteiger partial charge >= 0.3 is 5.97 Å². The van der Waals surface area contributed by atoms with Crippen molar-refractivity contribution >= 4 is 40.2 Å². The largest absolute Gasteiger partial charge is 0.478 e. The van der Waals surface area contributed by atoms with E-state index in [1.165, 1.54) is 12.4 Å². The highest BCUT2D eigenvalue weighted by atomic mass is 127. The SMILES string of the molecule is CCCOc1ncc(I)cc1C1(c2ccncc2C(=O)O)NC(=O)c2n[nH]c(CC)c2N1. The second-order valence-electron chi connectivity index (χ2n) is 7.19. The third-order valence-corrected chi connectivity index (χ3v) is 5.73. The molecule has 1 amide bonds. The van der Waals surface area contributed by atoms with E-state index >= 15 is 0 Å². The van der Waals surface area contributed by atoms with E-state index in [2.05, 4.69) is 53.4 Å². The minimum atomic E-state index is -1.48. The summed E-state index contributed by atoms with van der Waals surface area (Å²) in [6.45, 7) is 4.31. The Labute approximate surface area is 197 Å². The number of nitrogens with one attached hydrogen (secondary N) is 3.